The van der Waals surface area contributed by atoms with Crippen LogP contribution < -0.4 is 5.32 Å². The Hall–Kier alpha value is -2.32. The van der Waals surface area contributed by atoms with Gasteiger partial charge in [-0.15, -0.1) is 0 Å². The fourth-order valence-electron chi connectivity index (χ4n) is 1.58. The van der Waals surface area contributed by atoms with Gasteiger partial charge in [0.1, 0.15) is 12.2 Å². The van der Waals surface area contributed by atoms with Gasteiger partial charge in [-0.3, -0.25) is 19.7 Å². The lowest BCUT2D eigenvalue weighted by Crippen LogP contribution is -2.34. The van der Waals surface area contributed by atoms with Crippen LogP contribution in [0.15, 0.2) is 18.2 Å². The molecular formula is C12H14N2O6. The smallest absolute Gasteiger partial charge is 0.280 e. The Balaban J connectivity index is 2.95. The van der Waals surface area contributed by atoms with Crippen molar-refractivity contribution in [1.29, 1.82) is 0 Å². The molecular weight excluding hydrogens is 268 g/mol. The maximum atomic E-state index is 10.8. The van der Waals surface area contributed by atoms with Crippen LogP contribution in [0, 0.1) is 10.1 Å². The number of hydrogen-bond donors (Lipinski definition) is 3. The van der Waals surface area contributed by atoms with Crippen molar-refractivity contribution in [2.45, 2.75) is 19.1 Å². The summed E-state index contributed by atoms with van der Waals surface area (Å²) >= 11 is 0. The van der Waals surface area contributed by atoms with Crippen molar-refractivity contribution < 1.29 is 24.7 Å². The fraction of sp³-hybridized carbons (Fsp3) is 0.333. The molecule has 108 valence electrons. The third-order valence-electron chi connectivity index (χ3n) is 2.64. The minimum atomic E-state index is -1.42. The van der Waals surface area contributed by atoms with Crippen LogP contribution in [0.5, 0.6) is 0 Å². The molecule has 0 fully saturated rings. The summed E-state index contributed by atoms with van der Waals surface area (Å²) in [5.41, 5.74) is -0.495. The van der Waals surface area contributed by atoms with Gasteiger partial charge in [0.15, 0.2) is 6.29 Å². The zero-order chi connectivity index (χ0) is 15.3. The molecule has 1 aromatic rings. The Morgan fingerprint density at radius 3 is 2.65 bits per heavy atom. The second-order valence-electron chi connectivity index (χ2n) is 4.14. The molecule has 0 saturated carbocycles. The van der Waals surface area contributed by atoms with E-state index in [9.17, 15) is 29.9 Å². The summed E-state index contributed by atoms with van der Waals surface area (Å²) in [4.78, 5) is 31.4. The molecule has 2 unspecified atom stereocenters. The molecule has 1 rings (SSSR count). The van der Waals surface area contributed by atoms with Crippen LogP contribution in [-0.2, 0) is 4.79 Å². The van der Waals surface area contributed by atoms with Gasteiger partial charge in [0.05, 0.1) is 10.5 Å². The molecule has 20 heavy (non-hydrogen) atoms. The first-order valence-corrected chi connectivity index (χ1v) is 5.71. The summed E-state index contributed by atoms with van der Waals surface area (Å²) < 4.78 is 0. The second kappa shape index (κ2) is 6.73. The molecule has 3 N–H and O–H groups in total. The van der Waals surface area contributed by atoms with Gasteiger partial charge in [0.25, 0.3) is 5.69 Å². The number of carbonyl (C=O) groups is 2. The van der Waals surface area contributed by atoms with Gasteiger partial charge in [0.2, 0.25) is 5.91 Å². The summed E-state index contributed by atoms with van der Waals surface area (Å²) in [5, 5.41) is 32.6. The molecule has 0 bridgehead atoms. The van der Waals surface area contributed by atoms with Gasteiger partial charge in [-0.25, -0.2) is 0 Å². The van der Waals surface area contributed by atoms with Gasteiger partial charge in [-0.05, 0) is 11.6 Å². The van der Waals surface area contributed by atoms with Crippen molar-refractivity contribution in [3.8, 4) is 0 Å². The highest BCUT2D eigenvalue weighted by Gasteiger charge is 2.22. The number of amides is 1. The van der Waals surface area contributed by atoms with Crippen LogP contribution in [0.25, 0.3) is 0 Å². The summed E-state index contributed by atoms with van der Waals surface area (Å²) in [5.74, 6) is -0.376. The standard InChI is InChI=1S/C12H14N2O6/c1-7(16)13-5-11(17)12(18)8-2-3-9(6-15)10(4-8)14(19)20/h2-4,6,11-12,17-18H,5H2,1H3,(H,13,16). The lowest BCUT2D eigenvalue weighted by atomic mass is 10.0. The Labute approximate surface area is 114 Å². The zero-order valence-corrected chi connectivity index (χ0v) is 10.6. The van der Waals surface area contributed by atoms with E-state index in [4.69, 9.17) is 0 Å². The highest BCUT2D eigenvalue weighted by atomic mass is 16.6. The van der Waals surface area contributed by atoms with Crippen LogP contribution in [0.2, 0.25) is 0 Å². The number of carbonyl (C=O) groups excluding carboxylic acids is 2. The van der Waals surface area contributed by atoms with E-state index in [-0.39, 0.29) is 23.6 Å². The van der Waals surface area contributed by atoms with Crippen LogP contribution in [0.1, 0.15) is 28.9 Å². The molecule has 0 aliphatic heterocycles. The van der Waals surface area contributed by atoms with Crippen molar-refractivity contribution >= 4 is 17.9 Å². The summed E-state index contributed by atoms with van der Waals surface area (Å²) in [7, 11) is 0. The third-order valence-corrected chi connectivity index (χ3v) is 2.64. The van der Waals surface area contributed by atoms with Crippen molar-refractivity contribution in [3.63, 3.8) is 0 Å². The maximum Gasteiger partial charge on any atom is 0.280 e. The Bertz CT molecular complexity index is 531. The molecule has 0 saturated heterocycles. The van der Waals surface area contributed by atoms with E-state index >= 15 is 0 Å². The third kappa shape index (κ3) is 3.84. The average molecular weight is 282 g/mol. The van der Waals surface area contributed by atoms with Crippen LogP contribution in [-0.4, -0.2) is 40.0 Å². The number of aliphatic hydroxyl groups is 2. The number of benzene rings is 1. The van der Waals surface area contributed by atoms with Gasteiger partial charge < -0.3 is 15.5 Å². The van der Waals surface area contributed by atoms with Crippen molar-refractivity contribution in [2.75, 3.05) is 6.54 Å². The van der Waals surface area contributed by atoms with E-state index in [0.717, 1.165) is 6.07 Å². The Morgan fingerprint density at radius 2 is 2.15 bits per heavy atom. The average Bonchev–Trinajstić information content (AvgIpc) is 2.42. The molecule has 0 spiro atoms. The van der Waals surface area contributed by atoms with Gasteiger partial charge in [-0.1, -0.05) is 6.07 Å². The van der Waals surface area contributed by atoms with E-state index in [2.05, 4.69) is 5.32 Å². The number of hydrogen-bond acceptors (Lipinski definition) is 6. The van der Waals surface area contributed by atoms with E-state index in [0.29, 0.717) is 6.29 Å². The normalized spacial score (nSPS) is 13.3. The van der Waals surface area contributed by atoms with E-state index in [1.54, 1.807) is 0 Å². The molecule has 1 aromatic carbocycles. The predicted molar refractivity (Wildman–Crippen MR) is 68.1 cm³/mol. The molecule has 0 aromatic heterocycles. The van der Waals surface area contributed by atoms with Gasteiger partial charge >= 0.3 is 0 Å². The predicted octanol–water partition coefficient (Wildman–Crippen LogP) is -0.0623. The quantitative estimate of drug-likeness (QED) is 0.380. The number of nitro groups is 1. The number of aliphatic hydroxyl groups excluding tert-OH is 2. The molecule has 0 heterocycles. The summed E-state index contributed by atoms with van der Waals surface area (Å²) in [6.45, 7) is 1.06. The molecule has 8 heteroatoms. The number of nitrogens with zero attached hydrogens (tertiary/aromatic N) is 1. The molecule has 0 aliphatic carbocycles. The van der Waals surface area contributed by atoms with Crippen LogP contribution in [0.4, 0.5) is 5.69 Å². The molecule has 1 amide bonds. The van der Waals surface area contributed by atoms with Crippen molar-refractivity contribution in [3.05, 3.63) is 39.4 Å². The van der Waals surface area contributed by atoms with E-state index in [1.165, 1.54) is 19.1 Å². The second-order valence-corrected chi connectivity index (χ2v) is 4.14. The minimum absolute atomic E-state index is 0.0835. The molecule has 0 radical (unpaired) electrons. The van der Waals surface area contributed by atoms with E-state index in [1.807, 2.05) is 0 Å². The van der Waals surface area contributed by atoms with Gasteiger partial charge in [-0.2, -0.15) is 0 Å². The first-order valence-electron chi connectivity index (χ1n) is 5.71. The highest BCUT2D eigenvalue weighted by molar-refractivity contribution is 5.81. The minimum Gasteiger partial charge on any atom is -0.388 e. The number of aldehydes is 1. The Morgan fingerprint density at radius 1 is 1.50 bits per heavy atom. The van der Waals surface area contributed by atoms with Crippen molar-refractivity contribution in [2.24, 2.45) is 0 Å². The molecule has 0 aliphatic rings. The topological polar surface area (TPSA) is 130 Å². The molecule has 2 atom stereocenters. The van der Waals surface area contributed by atoms with Crippen LogP contribution in [0.3, 0.4) is 0 Å². The van der Waals surface area contributed by atoms with Crippen molar-refractivity contribution in [1.82, 2.24) is 5.32 Å². The number of nitrogens with one attached hydrogen (secondary N) is 1. The lowest BCUT2D eigenvalue weighted by molar-refractivity contribution is -0.385. The largest absolute Gasteiger partial charge is 0.388 e. The zero-order valence-electron chi connectivity index (χ0n) is 10.6. The monoisotopic (exact) mass is 282 g/mol. The highest BCUT2D eigenvalue weighted by Crippen LogP contribution is 2.24. The number of nitro benzene ring substituents is 1. The SMILES string of the molecule is CC(=O)NCC(O)C(O)c1ccc(C=O)c([N+](=O)[O-])c1. The number of rotatable bonds is 6. The maximum absolute atomic E-state index is 10.8. The first-order chi connectivity index (χ1) is 9.36. The van der Waals surface area contributed by atoms with Gasteiger partial charge in [0, 0.05) is 19.5 Å². The van der Waals surface area contributed by atoms with Crippen LogP contribution >= 0.6 is 0 Å². The first kappa shape index (κ1) is 15.7. The van der Waals surface area contributed by atoms with E-state index < -0.39 is 22.8 Å². The summed E-state index contributed by atoms with van der Waals surface area (Å²) in [6, 6.07) is 3.51. The molecule has 8 nitrogen and oxygen atoms in total. The Kier molecular flexibility index (Phi) is 5.30. The lowest BCUT2D eigenvalue weighted by Gasteiger charge is -2.18. The summed E-state index contributed by atoms with van der Waals surface area (Å²) in [6.07, 6.45) is -2.40. The fourth-order valence-corrected chi connectivity index (χ4v) is 1.58.